The van der Waals surface area contributed by atoms with Gasteiger partial charge in [-0.1, -0.05) is 261 Å². The molecule has 0 aromatic carbocycles. The van der Waals surface area contributed by atoms with Crippen LogP contribution in [-0.2, 0) is 43.2 Å². The van der Waals surface area contributed by atoms with E-state index in [0.717, 1.165) is 218 Å². The number of carbonyl (C=O) groups is 9. The topological polar surface area (TPSA) is 206 Å². The lowest BCUT2D eigenvalue weighted by Gasteiger charge is -2.33. The van der Waals surface area contributed by atoms with Crippen molar-refractivity contribution in [1.29, 1.82) is 0 Å². The highest BCUT2D eigenvalue weighted by Gasteiger charge is 2.31. The highest BCUT2D eigenvalue weighted by atomic mass is 16.2. The Balaban J connectivity index is 7.35. The molecule has 530 valence electrons. The number of rotatable bonds is 65. The smallest absolute Gasteiger partial charge is 0.242 e. The van der Waals surface area contributed by atoms with Crippen molar-refractivity contribution in [3.8, 4) is 0 Å². The van der Waals surface area contributed by atoms with Gasteiger partial charge in [-0.15, -0.1) is 0 Å². The minimum absolute atomic E-state index is 0.120. The summed E-state index contributed by atoms with van der Waals surface area (Å²) >= 11 is 0. The van der Waals surface area contributed by atoms with Crippen molar-refractivity contribution in [1.82, 2.24) is 39.2 Å². The van der Waals surface area contributed by atoms with Gasteiger partial charge in [0.1, 0.15) is 0 Å². The van der Waals surface area contributed by atoms with E-state index in [2.05, 4.69) is 55.4 Å². The van der Waals surface area contributed by atoms with Crippen molar-refractivity contribution < 1.29 is 43.2 Å². The van der Waals surface area contributed by atoms with Gasteiger partial charge in [0.25, 0.3) is 0 Å². The summed E-state index contributed by atoms with van der Waals surface area (Å²) in [6.45, 7) is 17.9. The summed E-state index contributed by atoms with van der Waals surface area (Å²) < 4.78 is 0. The molecule has 0 saturated heterocycles. The van der Waals surface area contributed by atoms with Crippen LogP contribution in [0.25, 0.3) is 0 Å². The van der Waals surface area contributed by atoms with Crippen LogP contribution < -0.4 is 5.73 Å². The molecular formula is C73H139N9O9. The maximum absolute atomic E-state index is 15.1. The van der Waals surface area contributed by atoms with Crippen molar-refractivity contribution in [2.45, 2.75) is 312 Å². The van der Waals surface area contributed by atoms with Gasteiger partial charge in [-0.05, 0) is 51.4 Å². The van der Waals surface area contributed by atoms with E-state index in [0.29, 0.717) is 77.7 Å². The summed E-state index contributed by atoms with van der Waals surface area (Å²) in [4.78, 5) is 140. The zero-order valence-corrected chi connectivity index (χ0v) is 60.0. The molecule has 18 nitrogen and oxygen atoms in total. The number of nitrogens with two attached hydrogens (primary N) is 1. The zero-order chi connectivity index (χ0) is 67.5. The van der Waals surface area contributed by atoms with E-state index in [4.69, 9.17) is 5.73 Å². The standard InChI is InChI=1S/C73H139N9O9/c1-9-17-25-33-41-49-75(65-83)58-67(85)77(51-43-35-27-19-11-3)60-69(87)79(53-45-37-29-21-13-5)62-71(89)81(55-47-39-31-23-15-7)64-73(91)82(56-48-40-32-24-16-8)63-72(90)80(54-46-38-30-22-14-6)61-70(88)78(52-44-36-28-20-12-4)59-68(86)76(57-66(74)84)50-42-34-26-18-10-2/h65H,9-64H2,1-8H3,(H2,74,84). The minimum atomic E-state index is -0.618. The van der Waals surface area contributed by atoms with Crippen molar-refractivity contribution in [3.63, 3.8) is 0 Å². The van der Waals surface area contributed by atoms with Crippen LogP contribution in [0, 0.1) is 0 Å². The Morgan fingerprint density at radius 1 is 0.220 bits per heavy atom. The first kappa shape index (κ1) is 86.2. The van der Waals surface area contributed by atoms with Crippen LogP contribution in [0.3, 0.4) is 0 Å². The van der Waals surface area contributed by atoms with Gasteiger partial charge in [-0.25, -0.2) is 0 Å². The van der Waals surface area contributed by atoms with Crippen LogP contribution in [0.4, 0.5) is 0 Å². The monoisotopic (exact) mass is 1290 g/mol. The molecule has 0 radical (unpaired) electrons. The van der Waals surface area contributed by atoms with E-state index in [9.17, 15) is 33.6 Å². The number of hydrogen-bond acceptors (Lipinski definition) is 9. The fourth-order valence-electron chi connectivity index (χ4n) is 11.5. The third kappa shape index (κ3) is 46.0. The maximum atomic E-state index is 15.1. The number of hydrogen-bond donors (Lipinski definition) is 1. The quantitative estimate of drug-likeness (QED) is 0.0453. The van der Waals surface area contributed by atoms with E-state index in [-0.39, 0.29) is 113 Å². The molecule has 0 atom stereocenters. The largest absolute Gasteiger partial charge is 0.368 e. The van der Waals surface area contributed by atoms with Crippen LogP contribution in [0.1, 0.15) is 312 Å². The highest BCUT2D eigenvalue weighted by Crippen LogP contribution is 2.16. The van der Waals surface area contributed by atoms with Gasteiger partial charge in [0.15, 0.2) is 0 Å². The second-order valence-corrected chi connectivity index (χ2v) is 26.1. The molecular weight excluding hydrogens is 1150 g/mol. The Morgan fingerprint density at radius 3 is 0.538 bits per heavy atom. The fraction of sp³-hybridized carbons (Fsp3) is 0.877. The van der Waals surface area contributed by atoms with Crippen LogP contribution in [0.2, 0.25) is 0 Å². The van der Waals surface area contributed by atoms with Gasteiger partial charge in [0.05, 0.1) is 52.4 Å². The molecule has 0 aliphatic rings. The third-order valence-electron chi connectivity index (χ3n) is 17.5. The molecule has 0 aromatic rings. The van der Waals surface area contributed by atoms with Gasteiger partial charge in [-0.3, -0.25) is 43.2 Å². The summed E-state index contributed by atoms with van der Waals surface area (Å²) in [6.07, 6.45) is 38.2. The van der Waals surface area contributed by atoms with Gasteiger partial charge in [0.2, 0.25) is 53.7 Å². The average molecular weight is 1290 g/mol. The average Bonchev–Trinajstić information content (AvgIpc) is 2.68. The first-order valence-corrected chi connectivity index (χ1v) is 37.5. The lowest BCUT2D eigenvalue weighted by Crippen LogP contribution is -2.52. The lowest BCUT2D eigenvalue weighted by molar-refractivity contribution is -0.148. The summed E-state index contributed by atoms with van der Waals surface area (Å²) in [6, 6.07) is 0. The van der Waals surface area contributed by atoms with Gasteiger partial charge < -0.3 is 44.9 Å². The Labute approximate surface area is 556 Å². The number of primary amides is 1. The van der Waals surface area contributed by atoms with Gasteiger partial charge >= 0.3 is 0 Å². The summed E-state index contributed by atoms with van der Waals surface area (Å²) in [7, 11) is 0. The molecule has 0 saturated carbocycles. The molecule has 0 fully saturated rings. The fourth-order valence-corrected chi connectivity index (χ4v) is 11.5. The molecule has 91 heavy (non-hydrogen) atoms. The summed E-state index contributed by atoms with van der Waals surface area (Å²) in [5, 5.41) is 0. The number of nitrogens with zero attached hydrogens (tertiary/aromatic N) is 8. The Bertz CT molecular complexity index is 1890. The number of amides is 9. The van der Waals surface area contributed by atoms with Gasteiger partial charge in [0, 0.05) is 52.4 Å². The molecule has 0 rings (SSSR count). The van der Waals surface area contributed by atoms with E-state index in [1.165, 1.54) is 9.80 Å². The second kappa shape index (κ2) is 60.2. The molecule has 0 bridgehead atoms. The van der Waals surface area contributed by atoms with E-state index in [1.807, 2.05) is 0 Å². The van der Waals surface area contributed by atoms with Crippen molar-refractivity contribution in [3.05, 3.63) is 0 Å². The van der Waals surface area contributed by atoms with Crippen molar-refractivity contribution >= 4 is 53.7 Å². The third-order valence-corrected chi connectivity index (χ3v) is 17.5. The van der Waals surface area contributed by atoms with Crippen molar-refractivity contribution in [2.75, 3.05) is 105 Å². The molecule has 0 unspecified atom stereocenters. The predicted molar refractivity (Wildman–Crippen MR) is 373 cm³/mol. The molecule has 2 N–H and O–H groups in total. The summed E-state index contributed by atoms with van der Waals surface area (Å²) in [5.74, 6) is -3.12. The molecule has 0 aromatic heterocycles. The number of carbonyl (C=O) groups excluding carboxylic acids is 9. The Kier molecular flexibility index (Phi) is 57.0. The molecule has 0 aliphatic carbocycles. The Morgan fingerprint density at radius 2 is 0.374 bits per heavy atom. The van der Waals surface area contributed by atoms with E-state index in [1.54, 1.807) is 29.4 Å². The van der Waals surface area contributed by atoms with E-state index >= 15 is 9.59 Å². The zero-order valence-electron chi connectivity index (χ0n) is 60.0. The van der Waals surface area contributed by atoms with Crippen LogP contribution >= 0.6 is 0 Å². The van der Waals surface area contributed by atoms with Crippen molar-refractivity contribution in [2.24, 2.45) is 5.73 Å². The number of unbranched alkanes of at least 4 members (excludes halogenated alkanes) is 32. The van der Waals surface area contributed by atoms with Gasteiger partial charge in [-0.2, -0.15) is 0 Å². The predicted octanol–water partition coefficient (Wildman–Crippen LogP) is 13.5. The highest BCUT2D eigenvalue weighted by molar-refractivity contribution is 5.93. The molecule has 0 spiro atoms. The molecule has 18 heteroatoms. The molecule has 0 aliphatic heterocycles. The van der Waals surface area contributed by atoms with E-state index < -0.39 is 5.91 Å². The molecule has 9 amide bonds. The second-order valence-electron chi connectivity index (χ2n) is 26.1. The first-order valence-electron chi connectivity index (χ1n) is 37.5. The summed E-state index contributed by atoms with van der Waals surface area (Å²) in [5.41, 5.74) is 5.66. The molecule has 0 heterocycles. The Hall–Kier alpha value is -4.77. The lowest BCUT2D eigenvalue weighted by atomic mass is 10.1. The van der Waals surface area contributed by atoms with Crippen LogP contribution in [-0.4, -0.2) is 198 Å². The minimum Gasteiger partial charge on any atom is -0.368 e. The van der Waals surface area contributed by atoms with Crippen LogP contribution in [0.15, 0.2) is 0 Å². The SMILES string of the molecule is CCCCCCCN(C=O)CC(=O)N(CCCCCCC)CC(=O)N(CCCCCCC)CC(=O)N(CCCCCCC)CC(=O)N(CCCCCCC)CC(=O)N(CCCCCCC)CC(=O)N(CCCCCCC)CC(=O)N(CCCCCCC)CC(N)=O. The normalized spacial score (nSPS) is 11.1. The maximum Gasteiger partial charge on any atom is 0.242 e. The van der Waals surface area contributed by atoms with Crippen LogP contribution in [0.5, 0.6) is 0 Å². The first-order chi connectivity index (χ1) is 44.1.